The molecule has 1 saturated heterocycles. The maximum atomic E-state index is 14.8. The molecule has 1 spiro atoms. The predicted molar refractivity (Wildman–Crippen MR) is 177 cm³/mol. The van der Waals surface area contributed by atoms with Crippen molar-refractivity contribution in [3.05, 3.63) is 83.7 Å². The first-order chi connectivity index (χ1) is 22.0. The van der Waals surface area contributed by atoms with Gasteiger partial charge in [-0.2, -0.15) is 8.42 Å². The monoisotopic (exact) mass is 683 g/mol. The van der Waals surface area contributed by atoms with E-state index >= 15 is 0 Å². The number of benzene rings is 3. The highest BCUT2D eigenvalue weighted by molar-refractivity contribution is 7.91. The van der Waals surface area contributed by atoms with Crippen molar-refractivity contribution in [2.75, 3.05) is 18.4 Å². The molecule has 1 saturated carbocycles. The zero-order chi connectivity index (χ0) is 34.0. The molecule has 1 aliphatic carbocycles. The van der Waals surface area contributed by atoms with Crippen LogP contribution < -0.4 is 19.2 Å². The van der Waals surface area contributed by atoms with Crippen molar-refractivity contribution in [3.8, 4) is 0 Å². The number of nitrogens with one attached hydrogen (secondary N) is 3. The van der Waals surface area contributed by atoms with E-state index in [2.05, 4.69) is 15.4 Å². The molecule has 47 heavy (non-hydrogen) atoms. The summed E-state index contributed by atoms with van der Waals surface area (Å²) in [6.45, 7) is 7.72. The molecule has 0 bridgehead atoms. The van der Waals surface area contributed by atoms with Crippen molar-refractivity contribution in [2.24, 2.45) is 5.92 Å². The summed E-state index contributed by atoms with van der Waals surface area (Å²) in [5, 5.41) is 6.16. The van der Waals surface area contributed by atoms with E-state index in [-0.39, 0.29) is 27.0 Å². The Balaban J connectivity index is 1.46. The molecule has 13 heteroatoms. The lowest BCUT2D eigenvalue weighted by Gasteiger charge is -2.43. The van der Waals surface area contributed by atoms with Crippen molar-refractivity contribution in [2.45, 2.75) is 80.2 Å². The molecule has 3 aromatic rings. The third-order valence-corrected chi connectivity index (χ3v) is 13.5. The van der Waals surface area contributed by atoms with Crippen LogP contribution in [0.25, 0.3) is 0 Å². The lowest BCUT2D eigenvalue weighted by atomic mass is 9.68. The molecule has 2 unspecified atom stereocenters. The number of fused-ring (bicyclic) bond motifs is 2. The van der Waals surface area contributed by atoms with Crippen LogP contribution >= 0.6 is 0 Å². The number of rotatable bonds is 7. The van der Waals surface area contributed by atoms with Gasteiger partial charge < -0.3 is 10.6 Å². The highest BCUT2D eigenvalue weighted by Crippen LogP contribution is 2.62. The summed E-state index contributed by atoms with van der Waals surface area (Å²) in [6, 6.07) is 14.7. The average molecular weight is 684 g/mol. The first-order valence-corrected chi connectivity index (χ1v) is 18.7. The van der Waals surface area contributed by atoms with E-state index in [9.17, 15) is 30.8 Å². The molecule has 3 aromatic carbocycles. The van der Waals surface area contributed by atoms with Gasteiger partial charge in [-0.15, -0.1) is 3.89 Å². The number of halogens is 1. The maximum absolute atomic E-state index is 14.8. The number of hydrogen-bond acceptors (Lipinski definition) is 7. The number of nitrogens with zero attached hydrogens (tertiary/aromatic N) is 1. The van der Waals surface area contributed by atoms with Crippen LogP contribution in [-0.2, 0) is 30.3 Å². The Morgan fingerprint density at radius 1 is 0.915 bits per heavy atom. The van der Waals surface area contributed by atoms with Crippen LogP contribution in [0.3, 0.4) is 0 Å². The van der Waals surface area contributed by atoms with Gasteiger partial charge >= 0.3 is 15.9 Å². The molecule has 2 atom stereocenters. The molecule has 2 heterocycles. The minimum absolute atomic E-state index is 0.00495. The highest BCUT2D eigenvalue weighted by atomic mass is 32.2. The quantitative estimate of drug-likeness (QED) is 0.304. The van der Waals surface area contributed by atoms with E-state index in [1.54, 1.807) is 45.0 Å². The second-order valence-electron chi connectivity index (χ2n) is 13.9. The summed E-state index contributed by atoms with van der Waals surface area (Å²) in [5.74, 6) is -1.68. The third-order valence-electron chi connectivity index (χ3n) is 9.48. The van der Waals surface area contributed by atoms with Crippen molar-refractivity contribution >= 4 is 43.2 Å². The molecule has 0 radical (unpaired) electrons. The van der Waals surface area contributed by atoms with Crippen LogP contribution in [0.4, 0.5) is 15.8 Å². The molecule has 2 fully saturated rings. The minimum Gasteiger partial charge on any atom is -0.322 e. The fraction of sp³-hybridized carbons (Fsp3) is 0.412. The predicted octanol–water partition coefficient (Wildman–Crippen LogP) is 4.81. The van der Waals surface area contributed by atoms with Gasteiger partial charge in [-0.1, -0.05) is 6.07 Å². The molecular weight excluding hydrogens is 644 g/mol. The zero-order valence-electron chi connectivity index (χ0n) is 26.8. The van der Waals surface area contributed by atoms with Crippen LogP contribution in [0, 0.1) is 11.7 Å². The van der Waals surface area contributed by atoms with Crippen LogP contribution in [-0.4, -0.2) is 53.3 Å². The minimum atomic E-state index is -4.44. The zero-order valence-corrected chi connectivity index (χ0v) is 28.5. The van der Waals surface area contributed by atoms with E-state index in [1.165, 1.54) is 37.3 Å². The van der Waals surface area contributed by atoms with Gasteiger partial charge in [-0.3, -0.25) is 4.79 Å². The van der Waals surface area contributed by atoms with Crippen molar-refractivity contribution in [1.82, 2.24) is 13.9 Å². The summed E-state index contributed by atoms with van der Waals surface area (Å²) in [4.78, 5) is 27.6. The molecule has 2 amide bonds. The number of hydrogen-bond donors (Lipinski definition) is 3. The fourth-order valence-electron chi connectivity index (χ4n) is 7.61. The number of quaternary nitrogens is 1. The Kier molecular flexibility index (Phi) is 8.24. The second-order valence-corrected chi connectivity index (χ2v) is 17.5. The van der Waals surface area contributed by atoms with Crippen LogP contribution in [0.1, 0.15) is 69.3 Å². The number of sulfonamides is 2. The SMILES string of the molecule is CC(=O)[N+]1(S(=O)(=O)c2ccc(F)cc2)c2ccc(C(=O)Nc3cccc(S(=O)(=O)NC(C)(C)C)c3)cc2C2(CCNCC2)C1C1CC1. The van der Waals surface area contributed by atoms with Gasteiger partial charge in [-0.05, 0) is 114 Å². The fourth-order valence-corrected chi connectivity index (χ4v) is 11.3. The molecule has 3 N–H and O–H groups in total. The van der Waals surface area contributed by atoms with Gasteiger partial charge in [0.2, 0.25) is 10.0 Å². The van der Waals surface area contributed by atoms with Gasteiger partial charge in [0.1, 0.15) is 16.8 Å². The Morgan fingerprint density at radius 3 is 2.17 bits per heavy atom. The number of piperidine rings is 1. The van der Waals surface area contributed by atoms with Crippen molar-refractivity contribution in [3.63, 3.8) is 0 Å². The van der Waals surface area contributed by atoms with Gasteiger partial charge in [0.25, 0.3) is 5.91 Å². The van der Waals surface area contributed by atoms with Crippen LogP contribution in [0.5, 0.6) is 0 Å². The topological polar surface area (TPSA) is 139 Å². The van der Waals surface area contributed by atoms with E-state index in [4.69, 9.17) is 0 Å². The van der Waals surface area contributed by atoms with E-state index in [0.717, 1.165) is 25.0 Å². The smallest absolute Gasteiger partial charge is 0.322 e. The van der Waals surface area contributed by atoms with Gasteiger partial charge in [0.15, 0.2) is 5.69 Å². The molecule has 6 rings (SSSR count). The average Bonchev–Trinajstić information content (AvgIpc) is 3.80. The summed E-state index contributed by atoms with van der Waals surface area (Å²) in [7, 11) is -8.29. The summed E-state index contributed by atoms with van der Waals surface area (Å²) < 4.78 is 71.0. The lowest BCUT2D eigenvalue weighted by Crippen LogP contribution is -2.67. The Labute approximate surface area is 275 Å². The first kappa shape index (κ1) is 33.4. The summed E-state index contributed by atoms with van der Waals surface area (Å²) in [5.41, 5.74) is 0.0632. The van der Waals surface area contributed by atoms with Gasteiger partial charge in [0, 0.05) is 34.3 Å². The number of anilines is 1. The maximum Gasteiger partial charge on any atom is 0.339 e. The van der Waals surface area contributed by atoms with E-state index in [0.29, 0.717) is 37.2 Å². The molecule has 0 aromatic heterocycles. The van der Waals surface area contributed by atoms with Crippen LogP contribution in [0.15, 0.2) is 76.5 Å². The number of carbonyl (C=O) groups is 2. The number of carbonyl (C=O) groups excluding carboxylic acids is 2. The third kappa shape index (κ3) is 5.61. The van der Waals surface area contributed by atoms with Crippen molar-refractivity contribution < 1.29 is 30.8 Å². The van der Waals surface area contributed by atoms with E-state index in [1.807, 2.05) is 0 Å². The molecule has 2 aliphatic heterocycles. The van der Waals surface area contributed by atoms with Crippen molar-refractivity contribution in [1.29, 1.82) is 0 Å². The Morgan fingerprint density at radius 2 is 1.57 bits per heavy atom. The Hall–Kier alpha value is -3.49. The molecule has 10 nitrogen and oxygen atoms in total. The lowest BCUT2D eigenvalue weighted by molar-refractivity contribution is -0.126. The van der Waals surface area contributed by atoms with Gasteiger partial charge in [0.05, 0.1) is 17.2 Å². The largest absolute Gasteiger partial charge is 0.339 e. The van der Waals surface area contributed by atoms with Gasteiger partial charge in [-0.25, -0.2) is 22.3 Å². The standard InChI is InChI=1S/C34H39FN4O6S2/c1-22(40)39(47(44,45)27-13-11-25(35)12-14-27)30-15-10-24(20-29(30)34(16-18-36-19-17-34)31(39)23-8-9-23)32(41)37-26-6-5-7-28(21-26)46(42,43)38-33(2,3)4/h5-7,10-15,20-21,23,31,36,38H,8-9,16-19H2,1-4H3/p+1. The Bertz CT molecular complexity index is 1970. The van der Waals surface area contributed by atoms with E-state index < -0.39 is 58.6 Å². The molecule has 3 aliphatic rings. The molecular formula is C34H40FN4O6S2+. The normalized spacial score (nSPS) is 22.5. The summed E-state index contributed by atoms with van der Waals surface area (Å²) >= 11 is 0. The number of amides is 2. The first-order valence-electron chi connectivity index (χ1n) is 15.7. The molecule has 250 valence electrons. The second kappa shape index (κ2) is 11.6. The van der Waals surface area contributed by atoms with Crippen LogP contribution in [0.2, 0.25) is 0 Å². The highest BCUT2D eigenvalue weighted by Gasteiger charge is 2.73. The summed E-state index contributed by atoms with van der Waals surface area (Å²) in [6.07, 6.45) is 2.69.